The van der Waals surface area contributed by atoms with E-state index in [0.717, 1.165) is 5.69 Å². The van der Waals surface area contributed by atoms with E-state index in [1.165, 1.54) is 0 Å². The number of aliphatic hydroxyl groups is 1. The molecule has 0 bridgehead atoms. The molecule has 2 aromatic rings. The van der Waals surface area contributed by atoms with Crippen LogP contribution in [0.1, 0.15) is 19.5 Å². The molecular formula is C12H12Cl2N2O. The van der Waals surface area contributed by atoms with Crippen LogP contribution in [0.5, 0.6) is 0 Å². The first-order valence-electron chi connectivity index (χ1n) is 5.10. The summed E-state index contributed by atoms with van der Waals surface area (Å²) in [6.45, 7) is 3.38. The molecule has 2 rings (SSSR count). The number of aromatic nitrogens is 2. The van der Waals surface area contributed by atoms with Gasteiger partial charge >= 0.3 is 0 Å². The van der Waals surface area contributed by atoms with E-state index in [-0.39, 0.29) is 0 Å². The van der Waals surface area contributed by atoms with E-state index >= 15 is 0 Å². The third-order valence-electron chi connectivity index (χ3n) is 2.41. The number of nitrogens with zero attached hydrogens (tertiary/aromatic N) is 2. The van der Waals surface area contributed by atoms with E-state index in [1.807, 2.05) is 6.07 Å². The monoisotopic (exact) mass is 270 g/mol. The molecule has 0 radical (unpaired) electrons. The van der Waals surface area contributed by atoms with Crippen LogP contribution in [-0.4, -0.2) is 14.7 Å². The number of hydrogen-bond acceptors (Lipinski definition) is 2. The standard InChI is InChI=1S/C12H12Cl2N2O/c1-12(2,17)11-6-16(7-15-11)8-3-4-9(13)10(14)5-8/h3-7,17H,1-2H3. The van der Waals surface area contributed by atoms with Crippen LogP contribution in [0.3, 0.4) is 0 Å². The molecule has 0 aliphatic heterocycles. The molecule has 90 valence electrons. The second kappa shape index (κ2) is 4.33. The first-order valence-corrected chi connectivity index (χ1v) is 5.86. The molecule has 0 spiro atoms. The Balaban J connectivity index is 2.40. The van der Waals surface area contributed by atoms with Crippen molar-refractivity contribution >= 4 is 23.2 Å². The van der Waals surface area contributed by atoms with Gasteiger partial charge in [0, 0.05) is 11.9 Å². The number of imidazole rings is 1. The van der Waals surface area contributed by atoms with Crippen molar-refractivity contribution in [3.8, 4) is 5.69 Å². The predicted molar refractivity (Wildman–Crippen MR) is 68.8 cm³/mol. The van der Waals surface area contributed by atoms with Gasteiger partial charge in [-0.05, 0) is 32.0 Å². The lowest BCUT2D eigenvalue weighted by molar-refractivity contribution is 0.0742. The van der Waals surface area contributed by atoms with Crippen LogP contribution in [0.4, 0.5) is 0 Å². The molecule has 0 aliphatic carbocycles. The average molecular weight is 271 g/mol. The van der Waals surface area contributed by atoms with E-state index in [2.05, 4.69) is 4.98 Å². The van der Waals surface area contributed by atoms with Crippen molar-refractivity contribution in [3.05, 3.63) is 46.5 Å². The Morgan fingerprint density at radius 1 is 1.24 bits per heavy atom. The number of halogens is 2. The van der Waals surface area contributed by atoms with Crippen molar-refractivity contribution in [2.24, 2.45) is 0 Å². The maximum absolute atomic E-state index is 9.82. The lowest BCUT2D eigenvalue weighted by atomic mass is 10.1. The lowest BCUT2D eigenvalue weighted by Gasteiger charge is -2.13. The maximum atomic E-state index is 9.82. The van der Waals surface area contributed by atoms with Crippen molar-refractivity contribution in [1.29, 1.82) is 0 Å². The summed E-state index contributed by atoms with van der Waals surface area (Å²) in [7, 11) is 0. The highest BCUT2D eigenvalue weighted by atomic mass is 35.5. The van der Waals surface area contributed by atoms with Crippen LogP contribution in [0, 0.1) is 0 Å². The Kier molecular flexibility index (Phi) is 3.17. The van der Waals surface area contributed by atoms with Gasteiger partial charge in [0.1, 0.15) is 5.60 Å². The van der Waals surface area contributed by atoms with Gasteiger partial charge in [-0.3, -0.25) is 0 Å². The number of rotatable bonds is 2. The van der Waals surface area contributed by atoms with Crippen molar-refractivity contribution in [3.63, 3.8) is 0 Å². The van der Waals surface area contributed by atoms with Gasteiger partial charge in [-0.2, -0.15) is 0 Å². The molecule has 0 saturated carbocycles. The molecule has 0 amide bonds. The SMILES string of the molecule is CC(C)(O)c1cn(-c2ccc(Cl)c(Cl)c2)cn1. The minimum absolute atomic E-state index is 0.489. The number of hydrogen-bond donors (Lipinski definition) is 1. The second-order valence-corrected chi connectivity index (χ2v) is 5.14. The Morgan fingerprint density at radius 3 is 2.47 bits per heavy atom. The van der Waals surface area contributed by atoms with E-state index in [4.69, 9.17) is 23.2 Å². The van der Waals surface area contributed by atoms with Crippen LogP contribution in [0.25, 0.3) is 5.69 Å². The van der Waals surface area contributed by atoms with Gasteiger partial charge in [0.15, 0.2) is 0 Å². The Labute approximate surface area is 110 Å². The molecular weight excluding hydrogens is 259 g/mol. The van der Waals surface area contributed by atoms with Crippen molar-refractivity contribution in [2.75, 3.05) is 0 Å². The zero-order valence-electron chi connectivity index (χ0n) is 9.48. The topological polar surface area (TPSA) is 38.0 Å². The highest BCUT2D eigenvalue weighted by Crippen LogP contribution is 2.25. The molecule has 1 aromatic carbocycles. The fourth-order valence-electron chi connectivity index (χ4n) is 1.43. The Hall–Kier alpha value is -1.03. The fourth-order valence-corrected chi connectivity index (χ4v) is 1.72. The van der Waals surface area contributed by atoms with Gasteiger partial charge < -0.3 is 9.67 Å². The summed E-state index contributed by atoms with van der Waals surface area (Å²) in [6, 6.07) is 5.31. The molecule has 1 N–H and O–H groups in total. The average Bonchev–Trinajstić information content (AvgIpc) is 2.70. The smallest absolute Gasteiger partial charge is 0.102 e. The van der Waals surface area contributed by atoms with E-state index in [0.29, 0.717) is 15.7 Å². The molecule has 17 heavy (non-hydrogen) atoms. The highest BCUT2D eigenvalue weighted by Gasteiger charge is 2.19. The van der Waals surface area contributed by atoms with E-state index in [9.17, 15) is 5.11 Å². The molecule has 5 heteroatoms. The minimum Gasteiger partial charge on any atom is -0.384 e. The molecule has 1 heterocycles. The molecule has 1 aromatic heterocycles. The lowest BCUT2D eigenvalue weighted by Crippen LogP contribution is -2.15. The van der Waals surface area contributed by atoms with E-state index in [1.54, 1.807) is 43.1 Å². The second-order valence-electron chi connectivity index (χ2n) is 4.32. The summed E-state index contributed by atoms with van der Waals surface area (Å²) in [5.41, 5.74) is 0.493. The predicted octanol–water partition coefficient (Wildman–Crippen LogP) is 3.41. The van der Waals surface area contributed by atoms with Crippen molar-refractivity contribution < 1.29 is 5.11 Å². The van der Waals surface area contributed by atoms with Gasteiger partial charge in [-0.15, -0.1) is 0 Å². The van der Waals surface area contributed by atoms with Crippen molar-refractivity contribution in [1.82, 2.24) is 9.55 Å². The Morgan fingerprint density at radius 2 is 1.94 bits per heavy atom. The van der Waals surface area contributed by atoms with Gasteiger partial charge in [0.25, 0.3) is 0 Å². The van der Waals surface area contributed by atoms with Gasteiger partial charge in [0.2, 0.25) is 0 Å². The summed E-state index contributed by atoms with van der Waals surface area (Å²) in [5, 5.41) is 10.8. The number of benzene rings is 1. The normalized spacial score (nSPS) is 11.8. The van der Waals surface area contributed by atoms with Gasteiger partial charge in [-0.25, -0.2) is 4.98 Å². The zero-order valence-corrected chi connectivity index (χ0v) is 11.0. The molecule has 0 fully saturated rings. The molecule has 0 atom stereocenters. The third kappa shape index (κ3) is 2.63. The first-order chi connectivity index (χ1) is 7.88. The summed E-state index contributed by atoms with van der Waals surface area (Å²) in [5.74, 6) is 0. The van der Waals surface area contributed by atoms with Gasteiger partial charge in [-0.1, -0.05) is 23.2 Å². The van der Waals surface area contributed by atoms with Crippen LogP contribution in [0.15, 0.2) is 30.7 Å². The molecule has 0 aliphatic rings. The van der Waals surface area contributed by atoms with Crippen LogP contribution < -0.4 is 0 Å². The Bertz CT molecular complexity index is 544. The molecule has 0 saturated heterocycles. The quantitative estimate of drug-likeness (QED) is 0.908. The van der Waals surface area contributed by atoms with Gasteiger partial charge in [0.05, 0.1) is 22.1 Å². The van der Waals surface area contributed by atoms with Crippen LogP contribution in [0.2, 0.25) is 10.0 Å². The van der Waals surface area contributed by atoms with Crippen molar-refractivity contribution in [2.45, 2.75) is 19.4 Å². The largest absolute Gasteiger partial charge is 0.384 e. The summed E-state index contributed by atoms with van der Waals surface area (Å²) in [4.78, 5) is 4.15. The summed E-state index contributed by atoms with van der Waals surface area (Å²) in [6.07, 6.45) is 3.40. The molecule has 3 nitrogen and oxygen atoms in total. The van der Waals surface area contributed by atoms with Crippen LogP contribution >= 0.6 is 23.2 Å². The zero-order chi connectivity index (χ0) is 12.6. The summed E-state index contributed by atoms with van der Waals surface area (Å²) < 4.78 is 1.79. The maximum Gasteiger partial charge on any atom is 0.102 e. The minimum atomic E-state index is -0.957. The first kappa shape index (κ1) is 12.4. The van der Waals surface area contributed by atoms with Crippen LogP contribution in [-0.2, 0) is 5.60 Å². The highest BCUT2D eigenvalue weighted by molar-refractivity contribution is 6.42. The van der Waals surface area contributed by atoms with E-state index < -0.39 is 5.60 Å². The molecule has 0 unspecified atom stereocenters. The fraction of sp³-hybridized carbons (Fsp3) is 0.250. The summed E-state index contributed by atoms with van der Waals surface area (Å²) >= 11 is 11.8. The third-order valence-corrected chi connectivity index (χ3v) is 3.15.